The smallest absolute Gasteiger partial charge is 0.0564 e. The molecule has 0 aromatic carbocycles. The van der Waals surface area contributed by atoms with Crippen LogP contribution < -0.4 is 10.2 Å². The van der Waals surface area contributed by atoms with E-state index in [1.54, 1.807) is 0 Å². The Bertz CT molecular complexity index is 350. The van der Waals surface area contributed by atoms with Crippen molar-refractivity contribution in [2.24, 2.45) is 0 Å². The normalized spacial score (nSPS) is 20.2. The van der Waals surface area contributed by atoms with Gasteiger partial charge in [-0.25, -0.2) is 0 Å². The van der Waals surface area contributed by atoms with E-state index in [0.717, 1.165) is 17.6 Å². The second kappa shape index (κ2) is 6.36. The van der Waals surface area contributed by atoms with Crippen molar-refractivity contribution in [3.05, 3.63) is 22.9 Å². The SMILES string of the molecule is CCN(CC1CCCCN1)c1cncc(Br)c1. The Morgan fingerprint density at radius 3 is 3.00 bits per heavy atom. The first-order valence-electron chi connectivity index (χ1n) is 6.38. The Morgan fingerprint density at radius 2 is 2.35 bits per heavy atom. The topological polar surface area (TPSA) is 28.2 Å². The number of aromatic nitrogens is 1. The minimum absolute atomic E-state index is 0.627. The molecule has 94 valence electrons. The third-order valence-electron chi connectivity index (χ3n) is 3.29. The van der Waals surface area contributed by atoms with Gasteiger partial charge in [0.2, 0.25) is 0 Å². The maximum atomic E-state index is 4.24. The molecule has 0 spiro atoms. The summed E-state index contributed by atoms with van der Waals surface area (Å²) in [5.41, 5.74) is 1.20. The summed E-state index contributed by atoms with van der Waals surface area (Å²) in [7, 11) is 0. The molecule has 1 unspecified atom stereocenters. The molecule has 3 nitrogen and oxygen atoms in total. The van der Waals surface area contributed by atoms with Gasteiger partial charge in [0, 0.05) is 29.8 Å². The highest BCUT2D eigenvalue weighted by Crippen LogP contribution is 2.19. The third-order valence-corrected chi connectivity index (χ3v) is 3.72. The fraction of sp³-hybridized carbons (Fsp3) is 0.615. The summed E-state index contributed by atoms with van der Waals surface area (Å²) in [6, 6.07) is 2.77. The number of piperidine rings is 1. The highest BCUT2D eigenvalue weighted by molar-refractivity contribution is 9.10. The molecule has 1 saturated heterocycles. The Labute approximate surface area is 112 Å². The van der Waals surface area contributed by atoms with Crippen LogP contribution in [0.25, 0.3) is 0 Å². The van der Waals surface area contributed by atoms with Crippen molar-refractivity contribution < 1.29 is 0 Å². The molecule has 2 heterocycles. The standard InChI is InChI=1S/C13H20BrN3/c1-2-17(10-12-5-3-4-6-16-12)13-7-11(14)8-15-9-13/h7-9,12,16H,2-6,10H2,1H3. The lowest BCUT2D eigenvalue weighted by Gasteiger charge is -2.31. The van der Waals surface area contributed by atoms with Crippen LogP contribution >= 0.6 is 15.9 Å². The third kappa shape index (κ3) is 3.68. The minimum atomic E-state index is 0.627. The van der Waals surface area contributed by atoms with Gasteiger partial charge in [-0.3, -0.25) is 4.98 Å². The van der Waals surface area contributed by atoms with Gasteiger partial charge < -0.3 is 10.2 Å². The molecule has 1 aliphatic heterocycles. The average Bonchev–Trinajstić information content (AvgIpc) is 2.37. The van der Waals surface area contributed by atoms with Crippen molar-refractivity contribution in [2.45, 2.75) is 32.2 Å². The first-order chi connectivity index (χ1) is 8.29. The van der Waals surface area contributed by atoms with E-state index in [-0.39, 0.29) is 0 Å². The zero-order chi connectivity index (χ0) is 12.1. The lowest BCUT2D eigenvalue weighted by atomic mass is 10.0. The molecule has 0 bridgehead atoms. The molecule has 1 atom stereocenters. The summed E-state index contributed by atoms with van der Waals surface area (Å²) in [5, 5.41) is 3.59. The summed E-state index contributed by atoms with van der Waals surface area (Å²) in [5.74, 6) is 0. The van der Waals surface area contributed by atoms with Crippen molar-refractivity contribution in [3.8, 4) is 0 Å². The molecule has 17 heavy (non-hydrogen) atoms. The number of nitrogens with zero attached hydrogens (tertiary/aromatic N) is 2. The molecular formula is C13H20BrN3. The first-order valence-corrected chi connectivity index (χ1v) is 7.17. The van der Waals surface area contributed by atoms with Gasteiger partial charge >= 0.3 is 0 Å². The van der Waals surface area contributed by atoms with Crippen molar-refractivity contribution >= 4 is 21.6 Å². The molecule has 1 aliphatic rings. The molecule has 0 amide bonds. The number of nitrogens with one attached hydrogen (secondary N) is 1. The summed E-state index contributed by atoms with van der Waals surface area (Å²) < 4.78 is 1.05. The van der Waals surface area contributed by atoms with Crippen molar-refractivity contribution in [3.63, 3.8) is 0 Å². The van der Waals surface area contributed by atoms with E-state index in [4.69, 9.17) is 0 Å². The molecule has 1 aromatic heterocycles. The fourth-order valence-electron chi connectivity index (χ4n) is 2.34. The second-order valence-corrected chi connectivity index (χ2v) is 5.46. The fourth-order valence-corrected chi connectivity index (χ4v) is 2.69. The van der Waals surface area contributed by atoms with Gasteiger partial charge in [0.15, 0.2) is 0 Å². The monoisotopic (exact) mass is 297 g/mol. The highest BCUT2D eigenvalue weighted by atomic mass is 79.9. The van der Waals surface area contributed by atoms with Crippen LogP contribution in [0, 0.1) is 0 Å². The number of pyridine rings is 1. The van der Waals surface area contributed by atoms with Gasteiger partial charge in [0.25, 0.3) is 0 Å². The number of anilines is 1. The van der Waals surface area contributed by atoms with Gasteiger partial charge in [0.1, 0.15) is 0 Å². The van der Waals surface area contributed by atoms with Gasteiger partial charge in [-0.15, -0.1) is 0 Å². The van der Waals surface area contributed by atoms with E-state index < -0.39 is 0 Å². The Kier molecular flexibility index (Phi) is 4.80. The van der Waals surface area contributed by atoms with Crippen molar-refractivity contribution in [1.29, 1.82) is 0 Å². The van der Waals surface area contributed by atoms with Crippen LogP contribution in [0.15, 0.2) is 22.9 Å². The Hall–Kier alpha value is -0.610. The van der Waals surface area contributed by atoms with E-state index in [2.05, 4.69) is 44.1 Å². The molecule has 1 fully saturated rings. The highest BCUT2D eigenvalue weighted by Gasteiger charge is 2.16. The summed E-state index contributed by atoms with van der Waals surface area (Å²) in [4.78, 5) is 6.63. The molecule has 0 saturated carbocycles. The van der Waals surface area contributed by atoms with Crippen LogP contribution in [0.2, 0.25) is 0 Å². The zero-order valence-corrected chi connectivity index (χ0v) is 11.9. The largest absolute Gasteiger partial charge is 0.369 e. The zero-order valence-electron chi connectivity index (χ0n) is 10.3. The lowest BCUT2D eigenvalue weighted by Crippen LogP contribution is -2.43. The van der Waals surface area contributed by atoms with E-state index in [0.29, 0.717) is 6.04 Å². The number of halogens is 1. The van der Waals surface area contributed by atoms with Crippen LogP contribution in [0.4, 0.5) is 5.69 Å². The Morgan fingerprint density at radius 1 is 1.47 bits per heavy atom. The minimum Gasteiger partial charge on any atom is -0.369 e. The second-order valence-electron chi connectivity index (χ2n) is 4.55. The molecule has 2 rings (SSSR count). The van der Waals surface area contributed by atoms with Crippen LogP contribution in [0.5, 0.6) is 0 Å². The van der Waals surface area contributed by atoms with E-state index >= 15 is 0 Å². The quantitative estimate of drug-likeness (QED) is 0.926. The average molecular weight is 298 g/mol. The van der Waals surface area contributed by atoms with E-state index in [1.165, 1.54) is 31.5 Å². The maximum absolute atomic E-state index is 4.24. The number of hydrogen-bond acceptors (Lipinski definition) is 3. The number of rotatable bonds is 4. The van der Waals surface area contributed by atoms with Crippen LogP contribution in [0.3, 0.4) is 0 Å². The summed E-state index contributed by atoms with van der Waals surface area (Å²) in [6.07, 6.45) is 7.73. The molecule has 1 aromatic rings. The molecular weight excluding hydrogens is 278 g/mol. The van der Waals surface area contributed by atoms with E-state index in [1.807, 2.05) is 12.4 Å². The van der Waals surface area contributed by atoms with Gasteiger partial charge in [-0.2, -0.15) is 0 Å². The van der Waals surface area contributed by atoms with Gasteiger partial charge in [0.05, 0.1) is 11.9 Å². The number of hydrogen-bond donors (Lipinski definition) is 1. The predicted molar refractivity (Wildman–Crippen MR) is 75.5 cm³/mol. The van der Waals surface area contributed by atoms with Crippen molar-refractivity contribution in [1.82, 2.24) is 10.3 Å². The molecule has 0 aliphatic carbocycles. The first kappa shape index (κ1) is 12.8. The van der Waals surface area contributed by atoms with E-state index in [9.17, 15) is 0 Å². The maximum Gasteiger partial charge on any atom is 0.0564 e. The molecule has 0 radical (unpaired) electrons. The lowest BCUT2D eigenvalue weighted by molar-refractivity contribution is 0.400. The van der Waals surface area contributed by atoms with Gasteiger partial charge in [-0.1, -0.05) is 6.42 Å². The van der Waals surface area contributed by atoms with Gasteiger partial charge in [-0.05, 0) is 48.3 Å². The van der Waals surface area contributed by atoms with Crippen molar-refractivity contribution in [2.75, 3.05) is 24.5 Å². The van der Waals surface area contributed by atoms with Crippen LogP contribution in [-0.4, -0.2) is 30.7 Å². The van der Waals surface area contributed by atoms with Crippen LogP contribution in [0.1, 0.15) is 26.2 Å². The summed E-state index contributed by atoms with van der Waals surface area (Å²) >= 11 is 3.48. The predicted octanol–water partition coefficient (Wildman–Crippen LogP) is 2.81. The number of likely N-dealkylation sites (N-methyl/N-ethyl adjacent to an activating group) is 1. The Balaban J connectivity index is 2.00. The molecule has 1 N–H and O–H groups in total. The summed E-state index contributed by atoms with van der Waals surface area (Å²) in [6.45, 7) is 5.47. The molecule has 4 heteroatoms. The van der Waals surface area contributed by atoms with Crippen LogP contribution in [-0.2, 0) is 0 Å².